The van der Waals surface area contributed by atoms with Gasteiger partial charge in [-0.25, -0.2) is 4.98 Å². The summed E-state index contributed by atoms with van der Waals surface area (Å²) < 4.78 is 0. The van der Waals surface area contributed by atoms with E-state index in [1.165, 1.54) is 0 Å². The van der Waals surface area contributed by atoms with Crippen molar-refractivity contribution >= 4 is 29.9 Å². The molecule has 0 atom stereocenters. The molecule has 2 aromatic rings. The third kappa shape index (κ3) is 4.94. The van der Waals surface area contributed by atoms with Crippen molar-refractivity contribution in [1.29, 1.82) is 0 Å². The van der Waals surface area contributed by atoms with Crippen LogP contribution in [0.5, 0.6) is 0 Å². The van der Waals surface area contributed by atoms with Gasteiger partial charge in [0.1, 0.15) is 5.82 Å². The predicted octanol–water partition coefficient (Wildman–Crippen LogP) is 2.62. The summed E-state index contributed by atoms with van der Waals surface area (Å²) in [5.74, 6) is 1.63. The number of hydrogen-bond acceptors (Lipinski definition) is 3. The molecule has 136 valence electrons. The second-order valence-corrected chi connectivity index (χ2v) is 6.44. The molecule has 3 rings (SSSR count). The molecule has 0 spiro atoms. The molecule has 3 N–H and O–H groups in total. The minimum absolute atomic E-state index is 0. The van der Waals surface area contributed by atoms with Crippen LogP contribution in [0, 0.1) is 0 Å². The maximum absolute atomic E-state index is 10.2. The van der Waals surface area contributed by atoms with Gasteiger partial charge in [0, 0.05) is 20.6 Å². The van der Waals surface area contributed by atoms with Crippen molar-refractivity contribution in [3.8, 4) is 11.3 Å². The number of H-pyrrole nitrogens is 1. The van der Waals surface area contributed by atoms with Crippen LogP contribution in [0.3, 0.4) is 0 Å². The maximum Gasteiger partial charge on any atom is 0.193 e. The number of aliphatic imine (C=N–C) groups is 1. The van der Waals surface area contributed by atoms with Gasteiger partial charge < -0.3 is 20.3 Å². The van der Waals surface area contributed by atoms with Crippen LogP contribution >= 0.6 is 24.0 Å². The zero-order chi connectivity index (χ0) is 17.0. The van der Waals surface area contributed by atoms with Crippen molar-refractivity contribution in [2.45, 2.75) is 31.4 Å². The molecule has 0 unspecified atom stereocenters. The summed E-state index contributed by atoms with van der Waals surface area (Å²) >= 11 is 0. The summed E-state index contributed by atoms with van der Waals surface area (Å²) in [4.78, 5) is 14.1. The lowest BCUT2D eigenvalue weighted by Crippen LogP contribution is -2.50. The number of aromatic amines is 1. The van der Waals surface area contributed by atoms with E-state index in [0.717, 1.165) is 42.3 Å². The van der Waals surface area contributed by atoms with Crippen LogP contribution in [0.25, 0.3) is 11.3 Å². The standard InChI is InChI=1S/C18H25N5O.HI/c1-19-17(21-13-18(24)9-6-10-18)23(2)12-16-20-11-15(22-16)14-7-4-3-5-8-14;/h3-5,7-8,11,24H,6,9-10,12-13H2,1-2H3,(H,19,21)(H,20,22);1H. The van der Waals surface area contributed by atoms with Gasteiger partial charge in [0.25, 0.3) is 0 Å². The minimum atomic E-state index is -0.568. The number of benzene rings is 1. The predicted molar refractivity (Wildman–Crippen MR) is 111 cm³/mol. The lowest BCUT2D eigenvalue weighted by atomic mass is 9.80. The summed E-state index contributed by atoms with van der Waals surface area (Å²) in [6, 6.07) is 10.1. The molecule has 1 aromatic heterocycles. The Hall–Kier alpha value is -1.61. The molecule has 1 aromatic carbocycles. The first-order valence-electron chi connectivity index (χ1n) is 8.33. The topological polar surface area (TPSA) is 76.5 Å². The van der Waals surface area contributed by atoms with E-state index in [-0.39, 0.29) is 24.0 Å². The molecular formula is C18H26IN5O. The Kier molecular flexibility index (Phi) is 6.83. The molecule has 25 heavy (non-hydrogen) atoms. The lowest BCUT2D eigenvalue weighted by Gasteiger charge is -2.37. The van der Waals surface area contributed by atoms with Crippen LogP contribution in [-0.2, 0) is 6.54 Å². The van der Waals surface area contributed by atoms with Gasteiger partial charge in [-0.1, -0.05) is 30.3 Å². The van der Waals surface area contributed by atoms with Crippen molar-refractivity contribution in [3.63, 3.8) is 0 Å². The summed E-state index contributed by atoms with van der Waals surface area (Å²) in [7, 11) is 3.71. The summed E-state index contributed by atoms with van der Waals surface area (Å²) in [5, 5.41) is 13.5. The molecule has 7 heteroatoms. The number of aliphatic hydroxyl groups is 1. The molecule has 0 bridgehead atoms. The summed E-state index contributed by atoms with van der Waals surface area (Å²) in [6.45, 7) is 1.16. The van der Waals surface area contributed by atoms with Crippen LogP contribution in [0.4, 0.5) is 0 Å². The van der Waals surface area contributed by atoms with Crippen molar-refractivity contribution in [2.75, 3.05) is 20.6 Å². The van der Waals surface area contributed by atoms with E-state index < -0.39 is 5.60 Å². The zero-order valence-electron chi connectivity index (χ0n) is 14.7. The fourth-order valence-electron chi connectivity index (χ4n) is 2.90. The van der Waals surface area contributed by atoms with E-state index in [2.05, 4.69) is 32.4 Å². The summed E-state index contributed by atoms with van der Waals surface area (Å²) in [5.41, 5.74) is 1.56. The van der Waals surface area contributed by atoms with Gasteiger partial charge in [0.2, 0.25) is 0 Å². The highest BCUT2D eigenvalue weighted by atomic mass is 127. The Morgan fingerprint density at radius 3 is 2.68 bits per heavy atom. The molecule has 1 fully saturated rings. The number of halogens is 1. The van der Waals surface area contributed by atoms with Crippen LogP contribution in [0.1, 0.15) is 25.1 Å². The lowest BCUT2D eigenvalue weighted by molar-refractivity contribution is -0.0282. The smallest absolute Gasteiger partial charge is 0.193 e. The van der Waals surface area contributed by atoms with Gasteiger partial charge in [0.05, 0.1) is 24.0 Å². The van der Waals surface area contributed by atoms with E-state index in [1.54, 1.807) is 7.05 Å². The number of aromatic nitrogens is 2. The number of hydrogen-bond donors (Lipinski definition) is 3. The first-order chi connectivity index (χ1) is 11.6. The Morgan fingerprint density at radius 2 is 2.08 bits per heavy atom. The van der Waals surface area contributed by atoms with Gasteiger partial charge >= 0.3 is 0 Å². The molecule has 1 heterocycles. The molecule has 1 aliphatic carbocycles. The van der Waals surface area contributed by atoms with E-state index in [4.69, 9.17) is 0 Å². The normalized spacial score (nSPS) is 15.9. The largest absolute Gasteiger partial charge is 0.388 e. The molecule has 1 saturated carbocycles. The third-order valence-electron chi connectivity index (χ3n) is 4.53. The maximum atomic E-state index is 10.2. The zero-order valence-corrected chi connectivity index (χ0v) is 17.0. The van der Waals surface area contributed by atoms with E-state index in [1.807, 2.05) is 36.3 Å². The van der Waals surface area contributed by atoms with Gasteiger partial charge in [0.15, 0.2) is 5.96 Å². The monoisotopic (exact) mass is 455 g/mol. The van der Waals surface area contributed by atoms with Crippen molar-refractivity contribution in [2.24, 2.45) is 4.99 Å². The molecule has 1 aliphatic rings. The summed E-state index contributed by atoms with van der Waals surface area (Å²) in [6.07, 6.45) is 4.67. The quantitative estimate of drug-likeness (QED) is 0.368. The van der Waals surface area contributed by atoms with Crippen LogP contribution in [0.15, 0.2) is 41.5 Å². The number of rotatable bonds is 5. The molecule has 6 nitrogen and oxygen atoms in total. The Morgan fingerprint density at radius 1 is 1.36 bits per heavy atom. The number of nitrogens with one attached hydrogen (secondary N) is 2. The number of guanidine groups is 1. The van der Waals surface area contributed by atoms with E-state index in [9.17, 15) is 5.11 Å². The molecular weight excluding hydrogens is 429 g/mol. The van der Waals surface area contributed by atoms with Crippen molar-refractivity contribution < 1.29 is 5.11 Å². The van der Waals surface area contributed by atoms with Crippen LogP contribution in [-0.4, -0.2) is 52.2 Å². The Bertz CT molecular complexity index is 697. The van der Waals surface area contributed by atoms with Gasteiger partial charge in [-0.05, 0) is 24.8 Å². The number of nitrogens with zero attached hydrogens (tertiary/aromatic N) is 3. The average molecular weight is 455 g/mol. The minimum Gasteiger partial charge on any atom is -0.388 e. The Labute approximate surface area is 165 Å². The highest BCUT2D eigenvalue weighted by Gasteiger charge is 2.34. The van der Waals surface area contributed by atoms with Crippen LogP contribution in [0.2, 0.25) is 0 Å². The van der Waals surface area contributed by atoms with E-state index in [0.29, 0.717) is 13.1 Å². The molecule has 0 saturated heterocycles. The molecule has 0 radical (unpaired) electrons. The number of imidazole rings is 1. The second-order valence-electron chi connectivity index (χ2n) is 6.44. The fourth-order valence-corrected chi connectivity index (χ4v) is 2.90. The van der Waals surface area contributed by atoms with Gasteiger partial charge in [-0.15, -0.1) is 24.0 Å². The van der Waals surface area contributed by atoms with E-state index >= 15 is 0 Å². The second kappa shape index (κ2) is 8.66. The highest BCUT2D eigenvalue weighted by molar-refractivity contribution is 14.0. The first-order valence-corrected chi connectivity index (χ1v) is 8.33. The highest BCUT2D eigenvalue weighted by Crippen LogP contribution is 2.30. The molecule has 0 aliphatic heterocycles. The Balaban J connectivity index is 0.00000225. The fraction of sp³-hybridized carbons (Fsp3) is 0.444. The third-order valence-corrected chi connectivity index (χ3v) is 4.53. The van der Waals surface area contributed by atoms with Gasteiger partial charge in [-0.3, -0.25) is 4.99 Å². The molecule has 0 amide bonds. The van der Waals surface area contributed by atoms with Crippen molar-refractivity contribution in [1.82, 2.24) is 20.2 Å². The SMILES string of the molecule is CN=C(NCC1(O)CCC1)N(C)Cc1ncc(-c2ccccc2)[nH]1.I. The first kappa shape index (κ1) is 19.7. The van der Waals surface area contributed by atoms with Crippen molar-refractivity contribution in [3.05, 3.63) is 42.4 Å². The van der Waals surface area contributed by atoms with Gasteiger partial charge in [-0.2, -0.15) is 0 Å². The average Bonchev–Trinajstić information content (AvgIpc) is 3.03. The van der Waals surface area contributed by atoms with Crippen LogP contribution < -0.4 is 5.32 Å².